The van der Waals surface area contributed by atoms with Gasteiger partial charge in [-0.2, -0.15) is 0 Å². The first-order valence-corrected chi connectivity index (χ1v) is 9.32. The van der Waals surface area contributed by atoms with Crippen molar-refractivity contribution in [2.24, 2.45) is 5.92 Å². The molecule has 1 aromatic carbocycles. The molecule has 1 fully saturated rings. The molecule has 2 unspecified atom stereocenters. The van der Waals surface area contributed by atoms with Crippen molar-refractivity contribution in [3.05, 3.63) is 35.9 Å². The predicted molar refractivity (Wildman–Crippen MR) is 98.5 cm³/mol. The van der Waals surface area contributed by atoms with Gasteiger partial charge in [0.2, 0.25) is 11.8 Å². The fraction of sp³-hybridized carbons (Fsp3) is 0.550. The molecular weight excluding hydrogens is 332 g/mol. The van der Waals surface area contributed by atoms with E-state index in [0.717, 1.165) is 31.2 Å². The highest BCUT2D eigenvalue weighted by atomic mass is 16.4. The second-order valence-electron chi connectivity index (χ2n) is 7.09. The Morgan fingerprint density at radius 2 is 1.73 bits per heavy atom. The van der Waals surface area contributed by atoms with E-state index in [-0.39, 0.29) is 12.3 Å². The molecule has 0 radical (unpaired) electrons. The molecule has 1 aliphatic rings. The van der Waals surface area contributed by atoms with E-state index in [9.17, 15) is 19.5 Å². The van der Waals surface area contributed by atoms with E-state index in [1.165, 1.54) is 6.42 Å². The molecular formula is C20H28N2O4. The molecule has 26 heavy (non-hydrogen) atoms. The molecule has 3 N–H and O–H groups in total. The number of carbonyl (C=O) groups is 3. The molecule has 0 heterocycles. The Balaban J connectivity index is 1.83. The van der Waals surface area contributed by atoms with Gasteiger partial charge < -0.3 is 15.7 Å². The maximum absolute atomic E-state index is 12.3. The SMILES string of the molecule is CC(NC(=O)CC1CCCCC1)C(=O)NC(Cc1ccccc1)C(=O)O. The predicted octanol–water partition coefficient (Wildman–Crippen LogP) is 2.27. The van der Waals surface area contributed by atoms with Crippen LogP contribution in [0, 0.1) is 5.92 Å². The van der Waals surface area contributed by atoms with E-state index in [0.29, 0.717) is 12.3 Å². The van der Waals surface area contributed by atoms with E-state index >= 15 is 0 Å². The van der Waals surface area contributed by atoms with Crippen LogP contribution in [0.25, 0.3) is 0 Å². The fourth-order valence-electron chi connectivity index (χ4n) is 3.37. The normalized spacial score (nSPS) is 17.1. The Labute approximate surface area is 154 Å². The molecule has 0 aliphatic heterocycles. The molecule has 6 heteroatoms. The third-order valence-electron chi connectivity index (χ3n) is 4.87. The summed E-state index contributed by atoms with van der Waals surface area (Å²) in [7, 11) is 0. The van der Waals surface area contributed by atoms with Crippen molar-refractivity contribution in [1.82, 2.24) is 10.6 Å². The van der Waals surface area contributed by atoms with Gasteiger partial charge in [-0.1, -0.05) is 49.6 Å². The quantitative estimate of drug-likeness (QED) is 0.663. The number of carbonyl (C=O) groups excluding carboxylic acids is 2. The number of hydrogen-bond donors (Lipinski definition) is 3. The summed E-state index contributed by atoms with van der Waals surface area (Å²) in [6.45, 7) is 1.58. The van der Waals surface area contributed by atoms with Crippen LogP contribution in [0.1, 0.15) is 51.0 Å². The molecule has 0 saturated heterocycles. The van der Waals surface area contributed by atoms with Gasteiger partial charge in [0.25, 0.3) is 0 Å². The van der Waals surface area contributed by atoms with Crippen molar-refractivity contribution in [3.63, 3.8) is 0 Å². The maximum atomic E-state index is 12.3. The number of hydrogen-bond acceptors (Lipinski definition) is 3. The standard InChI is InChI=1S/C20H28N2O4/c1-14(21-18(23)13-16-10-6-3-7-11-16)19(24)22-17(20(25)26)12-15-8-4-2-5-9-15/h2,4-5,8-9,14,16-17H,3,6-7,10-13H2,1H3,(H,21,23)(H,22,24)(H,25,26). The monoisotopic (exact) mass is 360 g/mol. The highest BCUT2D eigenvalue weighted by molar-refractivity contribution is 5.90. The van der Waals surface area contributed by atoms with Gasteiger partial charge in [-0.3, -0.25) is 9.59 Å². The minimum absolute atomic E-state index is 0.144. The Hall–Kier alpha value is -2.37. The van der Waals surface area contributed by atoms with Crippen LogP contribution in [0.4, 0.5) is 0 Å². The molecule has 1 aliphatic carbocycles. The van der Waals surface area contributed by atoms with Gasteiger partial charge in [0.15, 0.2) is 0 Å². The second kappa shape index (κ2) is 9.94. The van der Waals surface area contributed by atoms with E-state index in [1.54, 1.807) is 6.92 Å². The Morgan fingerprint density at radius 1 is 1.08 bits per heavy atom. The minimum Gasteiger partial charge on any atom is -0.480 e. The molecule has 142 valence electrons. The molecule has 0 spiro atoms. The minimum atomic E-state index is -1.09. The van der Waals surface area contributed by atoms with E-state index in [1.807, 2.05) is 30.3 Å². The lowest BCUT2D eigenvalue weighted by Gasteiger charge is -2.22. The lowest BCUT2D eigenvalue weighted by molar-refractivity contribution is -0.142. The molecule has 1 saturated carbocycles. The molecule has 6 nitrogen and oxygen atoms in total. The molecule has 0 bridgehead atoms. The summed E-state index contributed by atoms with van der Waals surface area (Å²) in [5, 5.41) is 14.6. The van der Waals surface area contributed by atoms with Crippen molar-refractivity contribution in [2.45, 2.75) is 64.0 Å². The van der Waals surface area contributed by atoms with Crippen LogP contribution in [0.3, 0.4) is 0 Å². The zero-order chi connectivity index (χ0) is 18.9. The Morgan fingerprint density at radius 3 is 2.35 bits per heavy atom. The first kappa shape index (κ1) is 19.9. The van der Waals surface area contributed by atoms with Gasteiger partial charge in [-0.15, -0.1) is 0 Å². The van der Waals surface area contributed by atoms with Gasteiger partial charge in [0.1, 0.15) is 12.1 Å². The average molecular weight is 360 g/mol. The summed E-state index contributed by atoms with van der Waals surface area (Å²) >= 11 is 0. The van der Waals surface area contributed by atoms with Crippen molar-refractivity contribution in [1.29, 1.82) is 0 Å². The summed E-state index contributed by atoms with van der Waals surface area (Å²) in [5.41, 5.74) is 0.828. The highest BCUT2D eigenvalue weighted by Gasteiger charge is 2.25. The number of nitrogens with one attached hydrogen (secondary N) is 2. The van der Waals surface area contributed by atoms with Gasteiger partial charge >= 0.3 is 5.97 Å². The number of aliphatic carboxylic acids is 1. The summed E-state index contributed by atoms with van der Waals surface area (Å²) in [4.78, 5) is 35.9. The van der Waals surface area contributed by atoms with Crippen LogP contribution in [0.15, 0.2) is 30.3 Å². The first-order valence-electron chi connectivity index (χ1n) is 9.32. The van der Waals surface area contributed by atoms with Crippen LogP contribution in [0.2, 0.25) is 0 Å². The van der Waals surface area contributed by atoms with Gasteiger partial charge in [-0.05, 0) is 31.2 Å². The lowest BCUT2D eigenvalue weighted by Crippen LogP contribution is -2.51. The topological polar surface area (TPSA) is 95.5 Å². The van der Waals surface area contributed by atoms with Gasteiger partial charge in [-0.25, -0.2) is 4.79 Å². The second-order valence-corrected chi connectivity index (χ2v) is 7.09. The smallest absolute Gasteiger partial charge is 0.326 e. The Kier molecular flexibility index (Phi) is 7.63. The third-order valence-corrected chi connectivity index (χ3v) is 4.87. The van der Waals surface area contributed by atoms with Crippen LogP contribution in [-0.2, 0) is 20.8 Å². The first-order chi connectivity index (χ1) is 12.5. The summed E-state index contributed by atoms with van der Waals surface area (Å²) in [6, 6.07) is 7.34. The molecule has 2 rings (SSSR count). The fourth-order valence-corrected chi connectivity index (χ4v) is 3.37. The number of carboxylic acids is 1. The molecule has 1 aromatic rings. The van der Waals surface area contributed by atoms with Crippen molar-refractivity contribution < 1.29 is 19.5 Å². The van der Waals surface area contributed by atoms with E-state index < -0.39 is 24.0 Å². The number of amides is 2. The van der Waals surface area contributed by atoms with Crippen LogP contribution < -0.4 is 10.6 Å². The van der Waals surface area contributed by atoms with Crippen molar-refractivity contribution >= 4 is 17.8 Å². The molecule has 2 atom stereocenters. The summed E-state index contributed by atoms with van der Waals surface area (Å²) in [5.74, 6) is -1.33. The lowest BCUT2D eigenvalue weighted by atomic mass is 9.87. The zero-order valence-corrected chi connectivity index (χ0v) is 15.2. The molecule has 0 aromatic heterocycles. The summed E-state index contributed by atoms with van der Waals surface area (Å²) in [6.07, 6.45) is 6.31. The average Bonchev–Trinajstić information content (AvgIpc) is 2.62. The number of carboxylic acid groups (broad SMARTS) is 1. The van der Waals surface area contributed by atoms with Gasteiger partial charge in [0, 0.05) is 12.8 Å². The highest BCUT2D eigenvalue weighted by Crippen LogP contribution is 2.26. The van der Waals surface area contributed by atoms with Crippen LogP contribution >= 0.6 is 0 Å². The Bertz CT molecular complexity index is 611. The van der Waals surface area contributed by atoms with Crippen molar-refractivity contribution in [2.75, 3.05) is 0 Å². The third kappa shape index (κ3) is 6.50. The van der Waals surface area contributed by atoms with Crippen molar-refractivity contribution in [3.8, 4) is 0 Å². The van der Waals surface area contributed by atoms with Gasteiger partial charge in [0.05, 0.1) is 0 Å². The van der Waals surface area contributed by atoms with E-state index in [2.05, 4.69) is 10.6 Å². The van der Waals surface area contributed by atoms with E-state index in [4.69, 9.17) is 0 Å². The van der Waals surface area contributed by atoms with Crippen LogP contribution in [-0.4, -0.2) is 35.0 Å². The summed E-state index contributed by atoms with van der Waals surface area (Å²) < 4.78 is 0. The number of benzene rings is 1. The largest absolute Gasteiger partial charge is 0.480 e. The maximum Gasteiger partial charge on any atom is 0.326 e. The zero-order valence-electron chi connectivity index (χ0n) is 15.2. The number of rotatable bonds is 8. The molecule has 2 amide bonds. The van der Waals surface area contributed by atoms with Crippen LogP contribution in [0.5, 0.6) is 0 Å².